The maximum Gasteiger partial charge on any atom is 0.274 e. The number of hydrogen-bond donors (Lipinski definition) is 1. The van der Waals surface area contributed by atoms with Crippen LogP contribution < -0.4 is 0 Å². The fourth-order valence-corrected chi connectivity index (χ4v) is 4.06. The SMILES string of the molecule is O=C(c1cccnn1)N1CC[C@](O)(c2ccccc2)[C@H](N2CCOCC2)C1. The van der Waals surface area contributed by atoms with Gasteiger partial charge in [-0.05, 0) is 24.1 Å². The third-order valence-electron chi connectivity index (χ3n) is 5.55. The number of aliphatic hydroxyl groups is 1. The summed E-state index contributed by atoms with van der Waals surface area (Å²) >= 11 is 0. The van der Waals surface area contributed by atoms with Gasteiger partial charge in [0.05, 0.1) is 19.3 Å². The quantitative estimate of drug-likeness (QED) is 0.868. The molecule has 1 aromatic heterocycles. The van der Waals surface area contributed by atoms with Gasteiger partial charge in [0.25, 0.3) is 5.91 Å². The molecular weight excluding hydrogens is 344 g/mol. The van der Waals surface area contributed by atoms with E-state index in [4.69, 9.17) is 4.74 Å². The predicted octanol–water partition coefficient (Wildman–Crippen LogP) is 0.911. The number of hydrogen-bond acceptors (Lipinski definition) is 6. The number of ether oxygens (including phenoxy) is 1. The van der Waals surface area contributed by atoms with Gasteiger partial charge in [-0.3, -0.25) is 9.69 Å². The van der Waals surface area contributed by atoms with Gasteiger partial charge in [-0.15, -0.1) is 5.10 Å². The summed E-state index contributed by atoms with van der Waals surface area (Å²) in [5.41, 5.74) is 0.231. The molecule has 0 bridgehead atoms. The van der Waals surface area contributed by atoms with Crippen molar-refractivity contribution in [3.8, 4) is 0 Å². The molecule has 3 heterocycles. The first kappa shape index (κ1) is 18.0. The van der Waals surface area contributed by atoms with E-state index in [1.165, 1.54) is 0 Å². The summed E-state index contributed by atoms with van der Waals surface area (Å²) in [6, 6.07) is 13.0. The van der Waals surface area contributed by atoms with Crippen molar-refractivity contribution in [2.45, 2.75) is 18.1 Å². The largest absolute Gasteiger partial charge is 0.383 e. The Morgan fingerprint density at radius 3 is 2.59 bits per heavy atom. The molecule has 2 saturated heterocycles. The van der Waals surface area contributed by atoms with Crippen LogP contribution in [0.15, 0.2) is 48.7 Å². The second kappa shape index (κ2) is 7.72. The number of aromatic nitrogens is 2. The molecule has 1 N–H and O–H groups in total. The highest BCUT2D eigenvalue weighted by Gasteiger charge is 2.47. The molecule has 1 amide bonds. The van der Waals surface area contributed by atoms with E-state index in [9.17, 15) is 9.90 Å². The highest BCUT2D eigenvalue weighted by molar-refractivity contribution is 5.92. The Morgan fingerprint density at radius 1 is 1.11 bits per heavy atom. The second-order valence-electron chi connectivity index (χ2n) is 7.06. The molecule has 2 atom stereocenters. The third-order valence-corrected chi connectivity index (χ3v) is 5.55. The van der Waals surface area contributed by atoms with E-state index >= 15 is 0 Å². The lowest BCUT2D eigenvalue weighted by molar-refractivity contribution is -0.112. The van der Waals surface area contributed by atoms with Gasteiger partial charge in [-0.2, -0.15) is 5.10 Å². The first-order valence-electron chi connectivity index (χ1n) is 9.35. The smallest absolute Gasteiger partial charge is 0.274 e. The Hall–Kier alpha value is -2.35. The molecule has 0 aliphatic carbocycles. The molecule has 2 aromatic rings. The molecule has 0 unspecified atom stereocenters. The van der Waals surface area contributed by atoms with Gasteiger partial charge in [-0.1, -0.05) is 30.3 Å². The van der Waals surface area contributed by atoms with Crippen LogP contribution >= 0.6 is 0 Å². The van der Waals surface area contributed by atoms with Gasteiger partial charge in [0.15, 0.2) is 5.69 Å². The molecule has 0 radical (unpaired) electrons. The van der Waals surface area contributed by atoms with Crippen molar-refractivity contribution >= 4 is 5.91 Å². The Morgan fingerprint density at radius 2 is 1.89 bits per heavy atom. The summed E-state index contributed by atoms with van der Waals surface area (Å²) in [4.78, 5) is 16.9. The number of rotatable bonds is 3. The van der Waals surface area contributed by atoms with Gasteiger partial charge in [0.2, 0.25) is 0 Å². The van der Waals surface area contributed by atoms with Gasteiger partial charge >= 0.3 is 0 Å². The first-order chi connectivity index (χ1) is 13.2. The highest BCUT2D eigenvalue weighted by Crippen LogP contribution is 2.36. The van der Waals surface area contributed by atoms with Crippen LogP contribution in [0.2, 0.25) is 0 Å². The van der Waals surface area contributed by atoms with Crippen molar-refractivity contribution in [2.75, 3.05) is 39.4 Å². The average molecular weight is 368 g/mol. The van der Waals surface area contributed by atoms with Crippen LogP contribution in [0.5, 0.6) is 0 Å². The van der Waals surface area contributed by atoms with Crippen LogP contribution in [0.3, 0.4) is 0 Å². The van der Waals surface area contributed by atoms with Crippen molar-refractivity contribution in [3.05, 3.63) is 59.9 Å². The first-order valence-corrected chi connectivity index (χ1v) is 9.35. The van der Waals surface area contributed by atoms with Crippen molar-refractivity contribution < 1.29 is 14.6 Å². The molecule has 0 saturated carbocycles. The minimum atomic E-state index is -1.00. The van der Waals surface area contributed by atoms with Gasteiger partial charge in [-0.25, -0.2) is 0 Å². The van der Waals surface area contributed by atoms with Crippen LogP contribution in [0.1, 0.15) is 22.5 Å². The summed E-state index contributed by atoms with van der Waals surface area (Å²) in [6.45, 7) is 3.68. The van der Waals surface area contributed by atoms with Crippen molar-refractivity contribution in [2.24, 2.45) is 0 Å². The summed E-state index contributed by atoms with van der Waals surface area (Å²) in [6.07, 6.45) is 2.03. The van der Waals surface area contributed by atoms with Gasteiger partial charge in [0.1, 0.15) is 5.60 Å². The zero-order valence-corrected chi connectivity index (χ0v) is 15.2. The van der Waals surface area contributed by atoms with E-state index in [-0.39, 0.29) is 11.9 Å². The molecule has 2 aliphatic heterocycles. The maximum absolute atomic E-state index is 12.9. The minimum Gasteiger partial charge on any atom is -0.383 e. The molecule has 7 nitrogen and oxygen atoms in total. The molecule has 2 fully saturated rings. The van der Waals surface area contributed by atoms with E-state index in [1.54, 1.807) is 23.2 Å². The summed E-state index contributed by atoms with van der Waals surface area (Å²) in [7, 11) is 0. The summed E-state index contributed by atoms with van der Waals surface area (Å²) in [5.74, 6) is -0.142. The number of likely N-dealkylation sites (tertiary alicyclic amines) is 1. The van der Waals surface area contributed by atoms with E-state index in [2.05, 4.69) is 15.1 Å². The Balaban J connectivity index is 1.62. The molecule has 4 rings (SSSR count). The Bertz CT molecular complexity index is 767. The van der Waals surface area contributed by atoms with Crippen LogP contribution in [0.25, 0.3) is 0 Å². The van der Waals surface area contributed by atoms with Gasteiger partial charge < -0.3 is 14.7 Å². The molecule has 2 aliphatic rings. The Labute approximate surface area is 158 Å². The van der Waals surface area contributed by atoms with Crippen molar-refractivity contribution in [1.82, 2.24) is 20.0 Å². The normalized spacial score (nSPS) is 26.7. The number of nitrogens with zero attached hydrogens (tertiary/aromatic N) is 4. The molecule has 27 heavy (non-hydrogen) atoms. The lowest BCUT2D eigenvalue weighted by Gasteiger charge is -2.50. The lowest BCUT2D eigenvalue weighted by Crippen LogP contribution is -2.63. The third kappa shape index (κ3) is 3.58. The lowest BCUT2D eigenvalue weighted by atomic mass is 9.79. The summed E-state index contributed by atoms with van der Waals surface area (Å²) in [5, 5.41) is 19.4. The zero-order valence-electron chi connectivity index (χ0n) is 15.2. The standard InChI is InChI=1S/C20H24N4O3/c25-19(17-7-4-9-21-22-17)24-10-8-20(26,16-5-2-1-3-6-16)18(15-24)23-11-13-27-14-12-23/h1-7,9,18,26H,8,10-15H2/t18-,20+/m1/s1. The number of morpholine rings is 1. The molecule has 142 valence electrons. The molecule has 1 aromatic carbocycles. The average Bonchev–Trinajstić information content (AvgIpc) is 2.75. The Kier molecular flexibility index (Phi) is 5.15. The number of piperidine rings is 1. The van der Waals surface area contributed by atoms with Crippen LogP contribution in [-0.2, 0) is 10.3 Å². The van der Waals surface area contributed by atoms with E-state index in [0.29, 0.717) is 38.4 Å². The fourth-order valence-electron chi connectivity index (χ4n) is 4.06. The number of carbonyl (C=O) groups is 1. The maximum atomic E-state index is 12.9. The monoisotopic (exact) mass is 368 g/mol. The van der Waals surface area contributed by atoms with Gasteiger partial charge in [0, 0.05) is 32.4 Å². The fraction of sp³-hybridized carbons (Fsp3) is 0.450. The molecular formula is C20H24N4O3. The molecule has 0 spiro atoms. The minimum absolute atomic E-state index is 0.142. The van der Waals surface area contributed by atoms with Crippen LogP contribution in [-0.4, -0.2) is 76.4 Å². The van der Waals surface area contributed by atoms with Crippen molar-refractivity contribution in [3.63, 3.8) is 0 Å². The van der Waals surface area contributed by atoms with E-state index in [1.807, 2.05) is 30.3 Å². The number of amides is 1. The van der Waals surface area contributed by atoms with Crippen molar-refractivity contribution in [1.29, 1.82) is 0 Å². The highest BCUT2D eigenvalue weighted by atomic mass is 16.5. The van der Waals surface area contributed by atoms with E-state index < -0.39 is 5.60 Å². The second-order valence-corrected chi connectivity index (χ2v) is 7.06. The molecule has 7 heteroatoms. The number of carbonyl (C=O) groups excluding carboxylic acids is 1. The van der Waals surface area contributed by atoms with E-state index in [0.717, 1.165) is 18.7 Å². The van der Waals surface area contributed by atoms with Crippen LogP contribution in [0, 0.1) is 0 Å². The topological polar surface area (TPSA) is 78.8 Å². The predicted molar refractivity (Wildman–Crippen MR) is 99.1 cm³/mol. The van der Waals surface area contributed by atoms with Crippen LogP contribution in [0.4, 0.5) is 0 Å². The number of benzene rings is 1. The zero-order chi connectivity index (χ0) is 18.7. The summed E-state index contributed by atoms with van der Waals surface area (Å²) < 4.78 is 5.49.